The Morgan fingerprint density at radius 3 is 1.86 bits per heavy atom. The molecule has 1 aliphatic heterocycles. The van der Waals surface area contributed by atoms with Crippen molar-refractivity contribution in [3.63, 3.8) is 0 Å². The Bertz CT molecular complexity index is 1300. The lowest BCUT2D eigenvalue weighted by molar-refractivity contribution is 0.257. The summed E-state index contributed by atoms with van der Waals surface area (Å²) in [6, 6.07) is 30.5. The van der Waals surface area contributed by atoms with Gasteiger partial charge in [-0.1, -0.05) is 60.7 Å². The summed E-state index contributed by atoms with van der Waals surface area (Å²) in [4.78, 5) is 4.87. The number of ether oxygens (including phenoxy) is 4. The van der Waals surface area contributed by atoms with Crippen LogP contribution in [0.25, 0.3) is 0 Å². The molecular formula is C32H31NO4. The van der Waals surface area contributed by atoms with E-state index in [9.17, 15) is 0 Å². The molecule has 0 aliphatic carbocycles. The summed E-state index contributed by atoms with van der Waals surface area (Å²) < 4.78 is 23.8. The van der Waals surface area contributed by atoms with E-state index in [2.05, 4.69) is 12.1 Å². The van der Waals surface area contributed by atoms with Gasteiger partial charge in [-0.3, -0.25) is 4.99 Å². The zero-order chi connectivity index (χ0) is 25.5. The van der Waals surface area contributed by atoms with Gasteiger partial charge < -0.3 is 18.9 Å². The van der Waals surface area contributed by atoms with Gasteiger partial charge in [0, 0.05) is 18.7 Å². The molecule has 0 N–H and O–H groups in total. The van der Waals surface area contributed by atoms with Gasteiger partial charge >= 0.3 is 0 Å². The zero-order valence-electron chi connectivity index (χ0n) is 21.3. The Hall–Kier alpha value is -4.25. The van der Waals surface area contributed by atoms with Gasteiger partial charge in [0.15, 0.2) is 11.5 Å². The molecule has 4 aromatic rings. The van der Waals surface area contributed by atoms with Crippen LogP contribution in [0.5, 0.6) is 23.0 Å². The quantitative estimate of drug-likeness (QED) is 0.255. The number of rotatable bonds is 10. The van der Waals surface area contributed by atoms with Crippen molar-refractivity contribution in [2.45, 2.75) is 26.1 Å². The van der Waals surface area contributed by atoms with Crippen molar-refractivity contribution in [2.75, 3.05) is 20.8 Å². The van der Waals surface area contributed by atoms with E-state index < -0.39 is 0 Å². The number of aliphatic imine (C=N–C) groups is 1. The molecule has 0 unspecified atom stereocenters. The SMILES string of the molecule is COc1ccc2c(c1)CCN=C2Cc1cc(OCc2ccccc2)c(OC)c(OCc2ccccc2)c1. The van der Waals surface area contributed by atoms with Crippen LogP contribution >= 0.6 is 0 Å². The lowest BCUT2D eigenvalue weighted by atomic mass is 9.93. The van der Waals surface area contributed by atoms with E-state index in [1.54, 1.807) is 14.2 Å². The van der Waals surface area contributed by atoms with Gasteiger partial charge in [0.1, 0.15) is 19.0 Å². The van der Waals surface area contributed by atoms with Crippen molar-refractivity contribution in [1.29, 1.82) is 0 Å². The molecule has 5 heteroatoms. The van der Waals surface area contributed by atoms with Crippen molar-refractivity contribution in [3.05, 3.63) is 119 Å². The molecule has 5 nitrogen and oxygen atoms in total. The average molecular weight is 494 g/mol. The number of hydrogen-bond acceptors (Lipinski definition) is 5. The predicted octanol–water partition coefficient (Wildman–Crippen LogP) is 6.45. The van der Waals surface area contributed by atoms with Gasteiger partial charge in [-0.2, -0.15) is 0 Å². The van der Waals surface area contributed by atoms with Crippen LogP contribution in [0.2, 0.25) is 0 Å². The van der Waals surface area contributed by atoms with E-state index in [-0.39, 0.29) is 0 Å². The molecule has 0 amide bonds. The van der Waals surface area contributed by atoms with Gasteiger partial charge in [0.2, 0.25) is 5.75 Å². The Morgan fingerprint density at radius 2 is 1.30 bits per heavy atom. The van der Waals surface area contributed by atoms with Crippen molar-refractivity contribution in [2.24, 2.45) is 4.99 Å². The van der Waals surface area contributed by atoms with E-state index in [1.165, 1.54) is 11.1 Å². The number of methoxy groups -OCH3 is 2. The highest BCUT2D eigenvalue weighted by molar-refractivity contribution is 6.04. The fraction of sp³-hybridized carbons (Fsp3) is 0.219. The molecule has 0 radical (unpaired) electrons. The molecule has 188 valence electrons. The van der Waals surface area contributed by atoms with Gasteiger partial charge in [0.25, 0.3) is 0 Å². The van der Waals surface area contributed by atoms with Crippen LogP contribution in [0, 0.1) is 0 Å². The average Bonchev–Trinajstić information content (AvgIpc) is 2.95. The predicted molar refractivity (Wildman–Crippen MR) is 146 cm³/mol. The highest BCUT2D eigenvalue weighted by atomic mass is 16.5. The second-order valence-electron chi connectivity index (χ2n) is 8.95. The maximum Gasteiger partial charge on any atom is 0.203 e. The molecule has 0 saturated heterocycles. The lowest BCUT2D eigenvalue weighted by Crippen LogP contribution is -2.15. The third-order valence-corrected chi connectivity index (χ3v) is 6.44. The molecular weight excluding hydrogens is 462 g/mol. The van der Waals surface area contributed by atoms with E-state index in [1.807, 2.05) is 78.9 Å². The summed E-state index contributed by atoms with van der Waals surface area (Å²) in [6.45, 7) is 1.63. The van der Waals surface area contributed by atoms with Gasteiger partial charge in [-0.15, -0.1) is 0 Å². The summed E-state index contributed by atoms with van der Waals surface area (Å²) in [5.74, 6) is 2.76. The fourth-order valence-corrected chi connectivity index (χ4v) is 4.55. The molecule has 0 aromatic heterocycles. The Balaban J connectivity index is 1.46. The second kappa shape index (κ2) is 11.7. The fourth-order valence-electron chi connectivity index (χ4n) is 4.55. The standard InChI is InChI=1S/C32H31NO4/c1-34-27-13-14-28-26(20-27)15-16-33-29(28)17-25-18-30(36-21-23-9-5-3-6-10-23)32(35-2)31(19-25)37-22-24-11-7-4-8-12-24/h3-14,18-20H,15-17,21-22H2,1-2H3. The van der Waals surface area contributed by atoms with E-state index in [4.69, 9.17) is 23.9 Å². The van der Waals surface area contributed by atoms with E-state index >= 15 is 0 Å². The van der Waals surface area contributed by atoms with Crippen LogP contribution in [0.15, 0.2) is 96.0 Å². The molecule has 0 atom stereocenters. The molecule has 1 aliphatic rings. The van der Waals surface area contributed by atoms with Crippen molar-refractivity contribution in [1.82, 2.24) is 0 Å². The van der Waals surface area contributed by atoms with Crippen molar-refractivity contribution < 1.29 is 18.9 Å². The number of fused-ring (bicyclic) bond motifs is 1. The van der Waals surface area contributed by atoms with Crippen LogP contribution in [0.4, 0.5) is 0 Å². The highest BCUT2D eigenvalue weighted by Gasteiger charge is 2.19. The molecule has 0 spiro atoms. The highest BCUT2D eigenvalue weighted by Crippen LogP contribution is 2.40. The van der Waals surface area contributed by atoms with Gasteiger partial charge in [0.05, 0.1) is 14.2 Å². The van der Waals surface area contributed by atoms with Crippen molar-refractivity contribution in [3.8, 4) is 23.0 Å². The molecule has 4 aromatic carbocycles. The Labute approximate surface area is 218 Å². The minimum absolute atomic E-state index is 0.433. The smallest absolute Gasteiger partial charge is 0.203 e. The first-order chi connectivity index (χ1) is 18.2. The first-order valence-corrected chi connectivity index (χ1v) is 12.5. The van der Waals surface area contributed by atoms with E-state index in [0.717, 1.165) is 41.1 Å². The van der Waals surface area contributed by atoms with E-state index in [0.29, 0.717) is 36.9 Å². The summed E-state index contributed by atoms with van der Waals surface area (Å²) in [7, 11) is 3.35. The number of nitrogens with zero attached hydrogens (tertiary/aromatic N) is 1. The second-order valence-corrected chi connectivity index (χ2v) is 8.95. The third kappa shape index (κ3) is 5.95. The minimum Gasteiger partial charge on any atom is -0.497 e. The topological polar surface area (TPSA) is 49.3 Å². The molecule has 0 bridgehead atoms. The van der Waals surface area contributed by atoms with Crippen LogP contribution < -0.4 is 18.9 Å². The summed E-state index contributed by atoms with van der Waals surface area (Å²) in [5, 5.41) is 0. The van der Waals surface area contributed by atoms with Crippen LogP contribution in [-0.2, 0) is 26.1 Å². The number of hydrogen-bond donors (Lipinski definition) is 0. The number of benzene rings is 4. The largest absolute Gasteiger partial charge is 0.497 e. The molecule has 0 saturated carbocycles. The Morgan fingerprint density at radius 1 is 0.676 bits per heavy atom. The summed E-state index contributed by atoms with van der Waals surface area (Å²) in [6.07, 6.45) is 1.57. The molecule has 0 fully saturated rings. The minimum atomic E-state index is 0.433. The van der Waals surface area contributed by atoms with Crippen LogP contribution in [-0.4, -0.2) is 26.5 Å². The maximum absolute atomic E-state index is 6.27. The van der Waals surface area contributed by atoms with Crippen molar-refractivity contribution >= 4 is 5.71 Å². The molecule has 1 heterocycles. The molecule has 37 heavy (non-hydrogen) atoms. The van der Waals surface area contributed by atoms with Gasteiger partial charge in [-0.25, -0.2) is 0 Å². The zero-order valence-corrected chi connectivity index (χ0v) is 21.3. The summed E-state index contributed by atoms with van der Waals surface area (Å²) >= 11 is 0. The molecule has 5 rings (SSSR count). The Kier molecular flexibility index (Phi) is 7.70. The third-order valence-electron chi connectivity index (χ3n) is 6.44. The first-order valence-electron chi connectivity index (χ1n) is 12.5. The lowest BCUT2D eigenvalue weighted by Gasteiger charge is -2.20. The normalized spacial score (nSPS) is 12.3. The summed E-state index contributed by atoms with van der Waals surface area (Å²) in [5.41, 5.74) is 6.70. The maximum atomic E-state index is 6.27. The van der Waals surface area contributed by atoms with Crippen LogP contribution in [0.3, 0.4) is 0 Å². The van der Waals surface area contributed by atoms with Crippen LogP contribution in [0.1, 0.15) is 27.8 Å². The monoisotopic (exact) mass is 493 g/mol. The first kappa shape index (κ1) is 24.4. The van der Waals surface area contributed by atoms with Gasteiger partial charge in [-0.05, 0) is 64.6 Å².